The highest BCUT2D eigenvalue weighted by Crippen LogP contribution is 2.29. The summed E-state index contributed by atoms with van der Waals surface area (Å²) in [4.78, 5) is 5.24. The summed E-state index contributed by atoms with van der Waals surface area (Å²) >= 11 is 1.55. The van der Waals surface area contributed by atoms with E-state index in [1.807, 2.05) is 11.6 Å². The molecule has 0 aliphatic heterocycles. The Balaban J connectivity index is 2.32. The molecule has 0 saturated carbocycles. The minimum Gasteiger partial charge on any atom is -0.269 e. The number of nitrogens with zero attached hydrogens (tertiary/aromatic N) is 4. The Bertz CT molecular complexity index is 445. The summed E-state index contributed by atoms with van der Waals surface area (Å²) in [7, 11) is 0. The summed E-state index contributed by atoms with van der Waals surface area (Å²) in [5.74, 6) is 0. The van der Waals surface area contributed by atoms with Gasteiger partial charge >= 0.3 is 0 Å². The van der Waals surface area contributed by atoms with Crippen molar-refractivity contribution in [3.8, 4) is 0 Å². The Morgan fingerprint density at radius 1 is 1.47 bits per heavy atom. The molecule has 15 heavy (non-hydrogen) atoms. The number of H-pyrrole nitrogens is 1. The standard InChI is InChI=1S/C9H13N5S/c1-4-14-7(3)8(6(2)13-14)15-9-10-5-11-12-9/h5H,4H2,1-3H3,(H,10,11,12). The van der Waals surface area contributed by atoms with Gasteiger partial charge in [-0.15, -0.1) is 5.10 Å². The van der Waals surface area contributed by atoms with E-state index in [-0.39, 0.29) is 0 Å². The van der Waals surface area contributed by atoms with Crippen LogP contribution in [0.15, 0.2) is 16.4 Å². The van der Waals surface area contributed by atoms with E-state index in [4.69, 9.17) is 0 Å². The second kappa shape index (κ2) is 4.06. The van der Waals surface area contributed by atoms with Crippen LogP contribution in [0.3, 0.4) is 0 Å². The molecule has 0 spiro atoms. The fraction of sp³-hybridized carbons (Fsp3) is 0.444. The van der Waals surface area contributed by atoms with E-state index >= 15 is 0 Å². The normalized spacial score (nSPS) is 10.9. The zero-order valence-electron chi connectivity index (χ0n) is 8.98. The average Bonchev–Trinajstić information content (AvgIpc) is 2.81. The van der Waals surface area contributed by atoms with Crippen LogP contribution in [0.4, 0.5) is 0 Å². The number of hydrogen-bond donors (Lipinski definition) is 1. The minimum absolute atomic E-state index is 0.733. The van der Waals surface area contributed by atoms with E-state index in [1.165, 1.54) is 5.69 Å². The van der Waals surface area contributed by atoms with Gasteiger partial charge in [-0.05, 0) is 32.5 Å². The Morgan fingerprint density at radius 2 is 2.27 bits per heavy atom. The van der Waals surface area contributed by atoms with Crippen LogP contribution in [-0.2, 0) is 6.54 Å². The van der Waals surface area contributed by atoms with Crippen LogP contribution in [0.5, 0.6) is 0 Å². The molecule has 6 heteroatoms. The Hall–Kier alpha value is -1.30. The van der Waals surface area contributed by atoms with Gasteiger partial charge in [-0.3, -0.25) is 9.78 Å². The second-order valence-electron chi connectivity index (χ2n) is 3.20. The van der Waals surface area contributed by atoms with Crippen molar-refractivity contribution >= 4 is 11.8 Å². The molecule has 0 unspecified atom stereocenters. The van der Waals surface area contributed by atoms with Crippen LogP contribution in [0.1, 0.15) is 18.3 Å². The fourth-order valence-corrected chi connectivity index (χ4v) is 2.30. The molecule has 0 bridgehead atoms. The lowest BCUT2D eigenvalue weighted by Crippen LogP contribution is -1.98. The fourth-order valence-electron chi connectivity index (χ4n) is 1.47. The van der Waals surface area contributed by atoms with E-state index in [9.17, 15) is 0 Å². The highest BCUT2D eigenvalue weighted by molar-refractivity contribution is 7.99. The van der Waals surface area contributed by atoms with Crippen LogP contribution in [0.25, 0.3) is 0 Å². The number of aromatic nitrogens is 5. The first-order valence-corrected chi connectivity index (χ1v) is 5.61. The SMILES string of the molecule is CCn1nc(C)c(Sc2nc[nH]n2)c1C. The second-order valence-corrected chi connectivity index (χ2v) is 4.18. The zero-order chi connectivity index (χ0) is 10.8. The van der Waals surface area contributed by atoms with Gasteiger partial charge in [0, 0.05) is 12.2 Å². The van der Waals surface area contributed by atoms with Gasteiger partial charge < -0.3 is 0 Å². The van der Waals surface area contributed by atoms with Crippen molar-refractivity contribution in [2.45, 2.75) is 37.4 Å². The van der Waals surface area contributed by atoms with Crippen LogP contribution < -0.4 is 0 Å². The van der Waals surface area contributed by atoms with E-state index in [0.29, 0.717) is 0 Å². The Morgan fingerprint density at radius 3 is 2.80 bits per heavy atom. The number of aromatic amines is 1. The predicted molar refractivity (Wildman–Crippen MR) is 57.9 cm³/mol. The molecular formula is C9H13N5S. The molecule has 0 aromatic carbocycles. The van der Waals surface area contributed by atoms with Crippen molar-refractivity contribution in [3.63, 3.8) is 0 Å². The molecule has 2 heterocycles. The first-order chi connectivity index (χ1) is 7.22. The predicted octanol–water partition coefficient (Wildman–Crippen LogP) is 1.79. The molecule has 0 aliphatic carbocycles. The minimum atomic E-state index is 0.733. The van der Waals surface area contributed by atoms with Crippen molar-refractivity contribution in [2.24, 2.45) is 0 Å². The molecule has 0 fully saturated rings. The molecule has 5 nitrogen and oxygen atoms in total. The monoisotopic (exact) mass is 223 g/mol. The number of aryl methyl sites for hydroxylation is 2. The lowest BCUT2D eigenvalue weighted by molar-refractivity contribution is 0.633. The van der Waals surface area contributed by atoms with Gasteiger partial charge in [-0.25, -0.2) is 4.98 Å². The number of rotatable bonds is 3. The first-order valence-electron chi connectivity index (χ1n) is 4.80. The van der Waals surface area contributed by atoms with Gasteiger partial charge in [-0.2, -0.15) is 5.10 Å². The average molecular weight is 223 g/mol. The summed E-state index contributed by atoms with van der Waals surface area (Å²) in [5, 5.41) is 11.9. The third-order valence-electron chi connectivity index (χ3n) is 2.20. The first kappa shape index (κ1) is 10.2. The molecule has 0 saturated heterocycles. The van der Waals surface area contributed by atoms with Crippen LogP contribution in [0, 0.1) is 13.8 Å². The summed E-state index contributed by atoms with van der Waals surface area (Å²) < 4.78 is 1.99. The van der Waals surface area contributed by atoms with Crippen molar-refractivity contribution in [3.05, 3.63) is 17.7 Å². The molecule has 0 radical (unpaired) electrons. The molecule has 2 aromatic heterocycles. The van der Waals surface area contributed by atoms with Crippen molar-refractivity contribution in [1.29, 1.82) is 0 Å². The summed E-state index contributed by atoms with van der Waals surface area (Å²) in [6, 6.07) is 0. The van der Waals surface area contributed by atoms with Crippen LogP contribution in [-0.4, -0.2) is 25.0 Å². The Kier molecular flexibility index (Phi) is 2.77. The van der Waals surface area contributed by atoms with Gasteiger partial charge in [0.25, 0.3) is 0 Å². The van der Waals surface area contributed by atoms with E-state index < -0.39 is 0 Å². The summed E-state index contributed by atoms with van der Waals surface area (Å²) in [6.45, 7) is 7.05. The maximum Gasteiger partial charge on any atom is 0.213 e. The quantitative estimate of drug-likeness (QED) is 0.861. The molecule has 2 rings (SSSR count). The molecular weight excluding hydrogens is 210 g/mol. The lowest BCUT2D eigenvalue weighted by Gasteiger charge is -1.99. The van der Waals surface area contributed by atoms with Gasteiger partial charge in [0.1, 0.15) is 6.33 Å². The zero-order valence-corrected chi connectivity index (χ0v) is 9.80. The highest BCUT2D eigenvalue weighted by Gasteiger charge is 2.13. The maximum atomic E-state index is 4.44. The number of hydrogen-bond acceptors (Lipinski definition) is 4. The van der Waals surface area contributed by atoms with E-state index in [1.54, 1.807) is 18.1 Å². The van der Waals surface area contributed by atoms with Crippen LogP contribution in [0.2, 0.25) is 0 Å². The van der Waals surface area contributed by atoms with E-state index in [2.05, 4.69) is 34.1 Å². The van der Waals surface area contributed by atoms with Gasteiger partial charge in [0.05, 0.1) is 10.6 Å². The third kappa shape index (κ3) is 1.90. The molecule has 2 aromatic rings. The molecule has 80 valence electrons. The third-order valence-corrected chi connectivity index (χ3v) is 3.38. The largest absolute Gasteiger partial charge is 0.269 e. The summed E-state index contributed by atoms with van der Waals surface area (Å²) in [6.07, 6.45) is 1.58. The molecule has 0 amide bonds. The van der Waals surface area contributed by atoms with Crippen molar-refractivity contribution < 1.29 is 0 Å². The lowest BCUT2D eigenvalue weighted by atomic mass is 10.4. The molecule has 0 atom stereocenters. The molecule has 0 aliphatic rings. The van der Waals surface area contributed by atoms with E-state index in [0.717, 1.165) is 22.3 Å². The van der Waals surface area contributed by atoms with Crippen molar-refractivity contribution in [2.75, 3.05) is 0 Å². The summed E-state index contributed by atoms with van der Waals surface area (Å²) in [5.41, 5.74) is 2.20. The van der Waals surface area contributed by atoms with Gasteiger partial charge in [-0.1, -0.05) is 0 Å². The number of nitrogens with one attached hydrogen (secondary N) is 1. The van der Waals surface area contributed by atoms with Crippen LogP contribution >= 0.6 is 11.8 Å². The highest BCUT2D eigenvalue weighted by atomic mass is 32.2. The Labute approximate surface area is 92.3 Å². The van der Waals surface area contributed by atoms with Crippen molar-refractivity contribution in [1.82, 2.24) is 25.0 Å². The van der Waals surface area contributed by atoms with Gasteiger partial charge in [0.15, 0.2) is 0 Å². The molecule has 1 N–H and O–H groups in total. The maximum absolute atomic E-state index is 4.44. The topological polar surface area (TPSA) is 59.4 Å². The smallest absolute Gasteiger partial charge is 0.213 e. The van der Waals surface area contributed by atoms with Gasteiger partial charge in [0.2, 0.25) is 5.16 Å².